The average Bonchev–Trinajstić information content (AvgIpc) is 2.95. The average molecular weight is 299 g/mol. The Morgan fingerprint density at radius 2 is 2.35 bits per heavy atom. The van der Waals surface area contributed by atoms with Gasteiger partial charge in [-0.2, -0.15) is 0 Å². The summed E-state index contributed by atoms with van der Waals surface area (Å²) in [4.78, 5) is 14.3. The number of rotatable bonds is 2. The van der Waals surface area contributed by atoms with Gasteiger partial charge in [-0.1, -0.05) is 0 Å². The summed E-state index contributed by atoms with van der Waals surface area (Å²) in [6.07, 6.45) is 1.68. The van der Waals surface area contributed by atoms with E-state index < -0.39 is 23.3 Å². The summed E-state index contributed by atoms with van der Waals surface area (Å²) in [5.41, 5.74) is 4.44. The second kappa shape index (κ2) is 5.31. The number of ether oxygens (including phenoxy) is 1. The van der Waals surface area contributed by atoms with Crippen LogP contribution in [0.15, 0.2) is 12.3 Å². The van der Waals surface area contributed by atoms with Gasteiger partial charge in [-0.3, -0.25) is 0 Å². The van der Waals surface area contributed by atoms with Crippen LogP contribution in [0.4, 0.5) is 4.79 Å². The SMILES string of the molecule is CC(C)(C)OC(=O)N1CCC(O)(C(N)c2ccns2)C1. The minimum Gasteiger partial charge on any atom is -0.444 e. The van der Waals surface area contributed by atoms with E-state index in [9.17, 15) is 9.90 Å². The summed E-state index contributed by atoms with van der Waals surface area (Å²) in [5.74, 6) is 0. The normalized spacial score (nSPS) is 24.8. The Morgan fingerprint density at radius 1 is 1.65 bits per heavy atom. The molecular formula is C13H21N3O3S. The molecule has 0 saturated carbocycles. The van der Waals surface area contributed by atoms with Crippen molar-refractivity contribution in [2.45, 2.75) is 44.4 Å². The van der Waals surface area contributed by atoms with E-state index in [1.807, 2.05) is 20.8 Å². The maximum absolute atomic E-state index is 12.0. The van der Waals surface area contributed by atoms with Crippen LogP contribution < -0.4 is 5.73 Å². The van der Waals surface area contributed by atoms with E-state index in [2.05, 4.69) is 4.37 Å². The van der Waals surface area contributed by atoms with E-state index >= 15 is 0 Å². The molecule has 2 heterocycles. The van der Waals surface area contributed by atoms with Crippen LogP contribution in [0.3, 0.4) is 0 Å². The smallest absolute Gasteiger partial charge is 0.410 e. The largest absolute Gasteiger partial charge is 0.444 e. The summed E-state index contributed by atoms with van der Waals surface area (Å²) in [6.45, 7) is 6.07. The molecule has 1 saturated heterocycles. The van der Waals surface area contributed by atoms with Crippen LogP contribution in [0.2, 0.25) is 0 Å². The Hall–Kier alpha value is -1.18. The summed E-state index contributed by atoms with van der Waals surface area (Å²) in [5, 5.41) is 10.7. The van der Waals surface area contributed by atoms with Gasteiger partial charge >= 0.3 is 6.09 Å². The summed E-state index contributed by atoms with van der Waals surface area (Å²) < 4.78 is 9.30. The molecule has 1 aliphatic rings. The van der Waals surface area contributed by atoms with Crippen LogP contribution in [0, 0.1) is 0 Å². The fourth-order valence-electron chi connectivity index (χ4n) is 2.20. The third-order valence-electron chi connectivity index (χ3n) is 3.27. The van der Waals surface area contributed by atoms with Crippen molar-refractivity contribution in [3.8, 4) is 0 Å². The van der Waals surface area contributed by atoms with Crippen LogP contribution in [-0.4, -0.2) is 44.8 Å². The van der Waals surface area contributed by atoms with Gasteiger partial charge in [0.25, 0.3) is 0 Å². The standard InChI is InChI=1S/C13H21N3O3S/c1-12(2,3)19-11(17)16-7-5-13(18,8-16)10(14)9-4-6-15-20-9/h4,6,10,18H,5,7-8,14H2,1-3H3. The molecule has 112 valence electrons. The molecule has 1 aromatic rings. The zero-order valence-electron chi connectivity index (χ0n) is 12.0. The second-order valence-corrected chi connectivity index (χ2v) is 7.01. The topological polar surface area (TPSA) is 88.7 Å². The van der Waals surface area contributed by atoms with Crippen molar-refractivity contribution >= 4 is 17.6 Å². The fourth-order valence-corrected chi connectivity index (χ4v) is 2.90. The van der Waals surface area contributed by atoms with Crippen molar-refractivity contribution in [2.24, 2.45) is 5.73 Å². The number of hydrogen-bond donors (Lipinski definition) is 2. The monoisotopic (exact) mass is 299 g/mol. The summed E-state index contributed by atoms with van der Waals surface area (Å²) in [6, 6.07) is 1.26. The summed E-state index contributed by atoms with van der Waals surface area (Å²) in [7, 11) is 0. The van der Waals surface area contributed by atoms with E-state index in [-0.39, 0.29) is 6.54 Å². The van der Waals surface area contributed by atoms with Gasteiger partial charge in [0, 0.05) is 17.6 Å². The number of nitrogens with zero attached hydrogens (tertiary/aromatic N) is 2. The van der Waals surface area contributed by atoms with Gasteiger partial charge < -0.3 is 20.5 Å². The lowest BCUT2D eigenvalue weighted by Crippen LogP contribution is -2.45. The first kappa shape index (κ1) is 15.2. The zero-order valence-corrected chi connectivity index (χ0v) is 12.8. The van der Waals surface area contributed by atoms with Gasteiger partial charge in [-0.15, -0.1) is 0 Å². The Bertz CT molecular complexity index is 472. The molecule has 20 heavy (non-hydrogen) atoms. The van der Waals surface area contributed by atoms with Crippen molar-refractivity contribution in [3.63, 3.8) is 0 Å². The molecule has 0 aliphatic carbocycles. The highest BCUT2D eigenvalue weighted by Gasteiger charge is 2.45. The maximum Gasteiger partial charge on any atom is 0.410 e. The van der Waals surface area contributed by atoms with E-state index in [0.717, 1.165) is 4.88 Å². The number of amides is 1. The van der Waals surface area contributed by atoms with Crippen LogP contribution in [0.5, 0.6) is 0 Å². The second-order valence-electron chi connectivity index (χ2n) is 6.15. The Morgan fingerprint density at radius 3 is 2.90 bits per heavy atom. The molecule has 2 rings (SSSR count). The van der Waals surface area contributed by atoms with Gasteiger partial charge in [0.1, 0.15) is 11.2 Å². The predicted molar refractivity (Wildman–Crippen MR) is 76.4 cm³/mol. The molecule has 7 heteroatoms. The van der Waals surface area contributed by atoms with Crippen molar-refractivity contribution in [3.05, 3.63) is 17.1 Å². The van der Waals surface area contributed by atoms with Crippen molar-refractivity contribution < 1.29 is 14.6 Å². The Labute approximate surface area is 122 Å². The molecule has 6 nitrogen and oxygen atoms in total. The molecule has 0 radical (unpaired) electrons. The number of likely N-dealkylation sites (tertiary alicyclic amines) is 1. The van der Waals surface area contributed by atoms with E-state index in [4.69, 9.17) is 10.5 Å². The molecule has 0 aromatic carbocycles. The lowest BCUT2D eigenvalue weighted by Gasteiger charge is -2.29. The van der Waals surface area contributed by atoms with Crippen LogP contribution >= 0.6 is 11.5 Å². The number of aromatic nitrogens is 1. The van der Waals surface area contributed by atoms with Crippen LogP contribution in [-0.2, 0) is 4.74 Å². The van der Waals surface area contributed by atoms with E-state index in [1.165, 1.54) is 16.4 Å². The highest BCUT2D eigenvalue weighted by molar-refractivity contribution is 7.05. The Balaban J connectivity index is 2.02. The Kier molecular flexibility index (Phi) is 4.04. The van der Waals surface area contributed by atoms with Crippen LogP contribution in [0.25, 0.3) is 0 Å². The third kappa shape index (κ3) is 3.28. The lowest BCUT2D eigenvalue weighted by molar-refractivity contribution is 0.00561. The maximum atomic E-state index is 12.0. The van der Waals surface area contributed by atoms with Gasteiger partial charge in [-0.25, -0.2) is 9.17 Å². The fraction of sp³-hybridized carbons (Fsp3) is 0.692. The first-order chi connectivity index (χ1) is 9.21. The minimum absolute atomic E-state index is 0.182. The van der Waals surface area contributed by atoms with E-state index in [0.29, 0.717) is 13.0 Å². The summed E-state index contributed by atoms with van der Waals surface area (Å²) >= 11 is 1.27. The number of carbonyl (C=O) groups excluding carboxylic acids is 1. The number of nitrogens with two attached hydrogens (primary N) is 1. The minimum atomic E-state index is -1.12. The molecular weight excluding hydrogens is 278 g/mol. The number of aliphatic hydroxyl groups is 1. The number of β-amino-alcohol motifs (C(OH)–C–C–N with tert-alkyl or cyclic N) is 1. The number of hydrogen-bond acceptors (Lipinski definition) is 6. The molecule has 1 amide bonds. The van der Waals surface area contributed by atoms with Crippen molar-refractivity contribution in [1.29, 1.82) is 0 Å². The molecule has 1 aromatic heterocycles. The number of carbonyl (C=O) groups is 1. The first-order valence-corrected chi connectivity index (χ1v) is 7.35. The third-order valence-corrected chi connectivity index (χ3v) is 4.10. The molecule has 3 N–H and O–H groups in total. The molecule has 2 unspecified atom stereocenters. The zero-order chi connectivity index (χ0) is 15.0. The lowest BCUT2D eigenvalue weighted by atomic mass is 9.93. The quantitative estimate of drug-likeness (QED) is 0.864. The van der Waals surface area contributed by atoms with Crippen molar-refractivity contribution in [2.75, 3.05) is 13.1 Å². The van der Waals surface area contributed by atoms with Crippen LogP contribution in [0.1, 0.15) is 38.1 Å². The van der Waals surface area contributed by atoms with Gasteiger partial charge in [0.05, 0.1) is 12.6 Å². The molecule has 1 aliphatic heterocycles. The molecule has 0 bridgehead atoms. The van der Waals surface area contributed by atoms with Gasteiger partial charge in [0.2, 0.25) is 0 Å². The van der Waals surface area contributed by atoms with Gasteiger partial charge in [-0.05, 0) is 44.8 Å². The predicted octanol–water partition coefficient (Wildman–Crippen LogP) is 1.51. The van der Waals surface area contributed by atoms with Crippen molar-refractivity contribution in [1.82, 2.24) is 9.27 Å². The molecule has 2 atom stereocenters. The van der Waals surface area contributed by atoms with E-state index in [1.54, 1.807) is 12.3 Å². The first-order valence-electron chi connectivity index (χ1n) is 6.58. The van der Waals surface area contributed by atoms with Gasteiger partial charge in [0.15, 0.2) is 0 Å². The molecule has 0 spiro atoms. The molecule has 1 fully saturated rings. The highest BCUT2D eigenvalue weighted by Crippen LogP contribution is 2.34. The highest BCUT2D eigenvalue weighted by atomic mass is 32.1.